The van der Waals surface area contributed by atoms with Crippen LogP contribution in [0, 0.1) is 13.8 Å². The van der Waals surface area contributed by atoms with E-state index in [0.29, 0.717) is 5.75 Å². The first kappa shape index (κ1) is 16.8. The standard InChI is InChI=1S/C18H20N4O3/c1-10-4-5-11(2)13(8-10)20-16(23)9-22-17-14(6-7-15(19)21-17)25-12(3)18(22)24/h4-8,12H,9H2,1-3H3,(H2,19,21)(H,20,23). The zero-order chi connectivity index (χ0) is 18.1. The summed E-state index contributed by atoms with van der Waals surface area (Å²) in [5, 5.41) is 2.85. The van der Waals surface area contributed by atoms with Gasteiger partial charge in [0.1, 0.15) is 12.4 Å². The molecule has 2 amide bonds. The Bertz CT molecular complexity index is 850. The van der Waals surface area contributed by atoms with Crippen LogP contribution in [0.1, 0.15) is 18.1 Å². The summed E-state index contributed by atoms with van der Waals surface area (Å²) in [6, 6.07) is 9.04. The fraction of sp³-hybridized carbons (Fsp3) is 0.278. The SMILES string of the molecule is Cc1ccc(C)c(NC(=O)CN2C(=O)C(C)Oc3ccc(N)nc32)c1. The van der Waals surface area contributed by atoms with E-state index in [2.05, 4.69) is 10.3 Å². The molecule has 1 atom stereocenters. The zero-order valence-corrected chi connectivity index (χ0v) is 14.4. The summed E-state index contributed by atoms with van der Waals surface area (Å²) in [6.45, 7) is 5.33. The summed E-state index contributed by atoms with van der Waals surface area (Å²) in [5.41, 5.74) is 8.42. The minimum Gasteiger partial charge on any atom is -0.477 e. The summed E-state index contributed by atoms with van der Waals surface area (Å²) in [6.07, 6.45) is -0.688. The van der Waals surface area contributed by atoms with E-state index >= 15 is 0 Å². The minimum atomic E-state index is -0.688. The van der Waals surface area contributed by atoms with Crippen LogP contribution in [0.2, 0.25) is 0 Å². The maximum atomic E-state index is 12.5. The number of hydrogen-bond acceptors (Lipinski definition) is 5. The smallest absolute Gasteiger partial charge is 0.269 e. The molecule has 0 saturated heterocycles. The molecule has 1 aromatic carbocycles. The molecule has 0 radical (unpaired) electrons. The van der Waals surface area contributed by atoms with Crippen LogP contribution >= 0.6 is 0 Å². The van der Waals surface area contributed by atoms with Crippen molar-refractivity contribution in [3.8, 4) is 5.75 Å². The highest BCUT2D eigenvalue weighted by molar-refractivity contribution is 6.05. The molecule has 25 heavy (non-hydrogen) atoms. The Hall–Kier alpha value is -3.09. The molecule has 1 aliphatic heterocycles. The van der Waals surface area contributed by atoms with Crippen LogP contribution in [0.5, 0.6) is 5.75 Å². The highest BCUT2D eigenvalue weighted by Gasteiger charge is 2.34. The van der Waals surface area contributed by atoms with Gasteiger partial charge in [-0.2, -0.15) is 0 Å². The molecule has 130 valence electrons. The third-order valence-corrected chi connectivity index (χ3v) is 4.00. The quantitative estimate of drug-likeness (QED) is 0.891. The largest absolute Gasteiger partial charge is 0.477 e. The maximum Gasteiger partial charge on any atom is 0.269 e. The lowest BCUT2D eigenvalue weighted by Gasteiger charge is -2.31. The first-order valence-electron chi connectivity index (χ1n) is 7.97. The van der Waals surface area contributed by atoms with Crippen LogP contribution in [0.3, 0.4) is 0 Å². The summed E-state index contributed by atoms with van der Waals surface area (Å²) in [7, 11) is 0. The van der Waals surface area contributed by atoms with Crippen molar-refractivity contribution in [1.29, 1.82) is 0 Å². The van der Waals surface area contributed by atoms with Gasteiger partial charge >= 0.3 is 0 Å². The number of nitrogens with zero attached hydrogens (tertiary/aromatic N) is 2. The predicted octanol–water partition coefficient (Wildman–Crippen LogP) is 2.03. The van der Waals surface area contributed by atoms with E-state index in [-0.39, 0.29) is 30.0 Å². The first-order valence-corrected chi connectivity index (χ1v) is 7.97. The molecule has 0 spiro atoms. The van der Waals surface area contributed by atoms with Crippen LogP contribution in [0.25, 0.3) is 0 Å². The van der Waals surface area contributed by atoms with Gasteiger partial charge in [0.15, 0.2) is 17.7 Å². The number of aromatic nitrogens is 1. The molecule has 3 rings (SSSR count). The molecule has 7 heteroatoms. The predicted molar refractivity (Wildman–Crippen MR) is 95.6 cm³/mol. The van der Waals surface area contributed by atoms with Gasteiger partial charge in [0.05, 0.1) is 0 Å². The number of fused-ring (bicyclic) bond motifs is 1. The molecule has 0 fully saturated rings. The molecule has 0 aliphatic carbocycles. The number of nitrogen functional groups attached to an aromatic ring is 1. The molecule has 2 heterocycles. The van der Waals surface area contributed by atoms with E-state index in [1.807, 2.05) is 32.0 Å². The molecule has 1 unspecified atom stereocenters. The van der Waals surface area contributed by atoms with Crippen LogP contribution in [0.4, 0.5) is 17.3 Å². The Morgan fingerprint density at radius 2 is 2.08 bits per heavy atom. The number of nitrogens with two attached hydrogens (primary N) is 1. The van der Waals surface area contributed by atoms with Crippen molar-refractivity contribution < 1.29 is 14.3 Å². The van der Waals surface area contributed by atoms with Gasteiger partial charge in [0, 0.05) is 5.69 Å². The van der Waals surface area contributed by atoms with E-state index in [1.165, 1.54) is 4.90 Å². The molecule has 1 aromatic heterocycles. The summed E-state index contributed by atoms with van der Waals surface area (Å²) >= 11 is 0. The molecule has 2 aromatic rings. The minimum absolute atomic E-state index is 0.163. The number of nitrogens with one attached hydrogen (secondary N) is 1. The second kappa shape index (κ2) is 6.43. The van der Waals surface area contributed by atoms with E-state index in [1.54, 1.807) is 19.1 Å². The number of rotatable bonds is 3. The highest BCUT2D eigenvalue weighted by atomic mass is 16.5. The number of anilines is 3. The zero-order valence-electron chi connectivity index (χ0n) is 14.4. The topological polar surface area (TPSA) is 97.5 Å². The second-order valence-electron chi connectivity index (χ2n) is 6.11. The van der Waals surface area contributed by atoms with Gasteiger partial charge in [-0.1, -0.05) is 12.1 Å². The van der Waals surface area contributed by atoms with Gasteiger partial charge in [-0.15, -0.1) is 0 Å². The van der Waals surface area contributed by atoms with Gasteiger partial charge in [0.25, 0.3) is 5.91 Å². The van der Waals surface area contributed by atoms with Gasteiger partial charge in [-0.25, -0.2) is 4.98 Å². The Balaban J connectivity index is 1.84. The van der Waals surface area contributed by atoms with Gasteiger partial charge in [-0.05, 0) is 50.1 Å². The average molecular weight is 340 g/mol. The average Bonchev–Trinajstić information content (AvgIpc) is 2.56. The Labute approximate surface area is 145 Å². The lowest BCUT2D eigenvalue weighted by molar-refractivity contribution is -0.127. The Morgan fingerprint density at radius 3 is 2.84 bits per heavy atom. The summed E-state index contributed by atoms with van der Waals surface area (Å²) in [5.74, 6) is 0.303. The molecule has 0 saturated carbocycles. The third kappa shape index (κ3) is 3.40. The summed E-state index contributed by atoms with van der Waals surface area (Å²) < 4.78 is 5.52. The van der Waals surface area contributed by atoms with Crippen LogP contribution in [0.15, 0.2) is 30.3 Å². The maximum absolute atomic E-state index is 12.5. The summed E-state index contributed by atoms with van der Waals surface area (Å²) in [4.78, 5) is 30.4. The fourth-order valence-corrected chi connectivity index (χ4v) is 2.66. The molecule has 0 bridgehead atoms. The second-order valence-corrected chi connectivity index (χ2v) is 6.11. The highest BCUT2D eigenvalue weighted by Crippen LogP contribution is 2.32. The van der Waals surface area contributed by atoms with Crippen molar-refractivity contribution in [3.05, 3.63) is 41.5 Å². The van der Waals surface area contributed by atoms with Gasteiger partial charge in [-0.3, -0.25) is 14.5 Å². The number of hydrogen-bond donors (Lipinski definition) is 2. The molecular weight excluding hydrogens is 320 g/mol. The molecule has 3 N–H and O–H groups in total. The van der Waals surface area contributed by atoms with E-state index in [9.17, 15) is 9.59 Å². The van der Waals surface area contributed by atoms with E-state index in [4.69, 9.17) is 10.5 Å². The first-order chi connectivity index (χ1) is 11.8. The van der Waals surface area contributed by atoms with Crippen molar-refractivity contribution >= 4 is 29.1 Å². The van der Waals surface area contributed by atoms with Crippen molar-refractivity contribution in [1.82, 2.24) is 4.98 Å². The van der Waals surface area contributed by atoms with Crippen LogP contribution in [-0.4, -0.2) is 29.4 Å². The van der Waals surface area contributed by atoms with Crippen LogP contribution < -0.4 is 20.7 Å². The fourth-order valence-electron chi connectivity index (χ4n) is 2.66. The van der Waals surface area contributed by atoms with Crippen LogP contribution in [-0.2, 0) is 9.59 Å². The van der Waals surface area contributed by atoms with E-state index in [0.717, 1.165) is 16.8 Å². The number of aryl methyl sites for hydroxylation is 2. The van der Waals surface area contributed by atoms with Crippen molar-refractivity contribution in [3.63, 3.8) is 0 Å². The molecule has 1 aliphatic rings. The Kier molecular flexibility index (Phi) is 4.31. The van der Waals surface area contributed by atoms with Crippen molar-refractivity contribution in [2.24, 2.45) is 0 Å². The monoisotopic (exact) mass is 340 g/mol. The number of ether oxygens (including phenoxy) is 1. The molecule has 7 nitrogen and oxygen atoms in total. The lowest BCUT2D eigenvalue weighted by atomic mass is 10.1. The number of pyridine rings is 1. The van der Waals surface area contributed by atoms with Crippen molar-refractivity contribution in [2.45, 2.75) is 26.9 Å². The lowest BCUT2D eigenvalue weighted by Crippen LogP contribution is -2.48. The Morgan fingerprint density at radius 1 is 1.32 bits per heavy atom. The normalized spacial score (nSPS) is 16.2. The number of benzene rings is 1. The van der Waals surface area contributed by atoms with Gasteiger partial charge in [0.2, 0.25) is 5.91 Å². The number of amides is 2. The van der Waals surface area contributed by atoms with Gasteiger partial charge < -0.3 is 15.8 Å². The molecular formula is C18H20N4O3. The van der Waals surface area contributed by atoms with E-state index < -0.39 is 6.10 Å². The van der Waals surface area contributed by atoms with Crippen molar-refractivity contribution in [2.75, 3.05) is 22.5 Å². The third-order valence-electron chi connectivity index (χ3n) is 4.00. The number of carbonyl (C=O) groups excluding carboxylic acids is 2. The number of carbonyl (C=O) groups is 2.